The van der Waals surface area contributed by atoms with Gasteiger partial charge < -0.3 is 5.32 Å². The van der Waals surface area contributed by atoms with Crippen LogP contribution in [0.15, 0.2) is 11.0 Å². The van der Waals surface area contributed by atoms with Crippen molar-refractivity contribution >= 4 is 11.0 Å². The molecule has 2 fully saturated rings. The van der Waals surface area contributed by atoms with Gasteiger partial charge in [-0.2, -0.15) is 5.10 Å². The SMILES string of the molecule is O=c1c2c(c3cnn(CCCNC4CCC4)c3n1C1CCC1)CCCC2. The van der Waals surface area contributed by atoms with Gasteiger partial charge in [-0.25, -0.2) is 4.68 Å². The maximum atomic E-state index is 13.3. The zero-order chi connectivity index (χ0) is 17.5. The summed E-state index contributed by atoms with van der Waals surface area (Å²) in [5.74, 6) is 0. The van der Waals surface area contributed by atoms with Crippen molar-refractivity contribution in [2.45, 2.75) is 89.3 Å². The van der Waals surface area contributed by atoms with Crippen LogP contribution in [-0.4, -0.2) is 26.9 Å². The molecule has 0 aliphatic heterocycles. The first-order chi connectivity index (χ1) is 12.8. The van der Waals surface area contributed by atoms with Gasteiger partial charge in [-0.3, -0.25) is 9.36 Å². The van der Waals surface area contributed by atoms with E-state index in [-0.39, 0.29) is 5.56 Å². The van der Waals surface area contributed by atoms with Gasteiger partial charge in [-0.15, -0.1) is 0 Å². The van der Waals surface area contributed by atoms with E-state index in [0.717, 1.165) is 68.9 Å². The molecular weight excluding hydrogens is 324 g/mol. The third-order valence-corrected chi connectivity index (χ3v) is 6.83. The Kier molecular flexibility index (Phi) is 4.35. The number of pyridine rings is 1. The molecule has 0 unspecified atom stereocenters. The Morgan fingerprint density at radius 1 is 1.04 bits per heavy atom. The summed E-state index contributed by atoms with van der Waals surface area (Å²) in [7, 11) is 0. The lowest BCUT2D eigenvalue weighted by molar-refractivity contribution is 0.308. The number of hydrogen-bond acceptors (Lipinski definition) is 3. The summed E-state index contributed by atoms with van der Waals surface area (Å²) in [5.41, 5.74) is 3.77. The maximum Gasteiger partial charge on any atom is 0.255 e. The van der Waals surface area contributed by atoms with E-state index in [4.69, 9.17) is 5.10 Å². The van der Waals surface area contributed by atoms with Crippen molar-refractivity contribution in [3.8, 4) is 0 Å². The van der Waals surface area contributed by atoms with Gasteiger partial charge in [0.25, 0.3) is 5.56 Å². The number of hydrogen-bond donors (Lipinski definition) is 1. The highest BCUT2D eigenvalue weighted by Crippen LogP contribution is 2.35. The van der Waals surface area contributed by atoms with Gasteiger partial charge in [-0.1, -0.05) is 6.42 Å². The summed E-state index contributed by atoms with van der Waals surface area (Å²) in [6.07, 6.45) is 15.0. The molecule has 3 aliphatic rings. The molecule has 1 N–H and O–H groups in total. The molecule has 5 rings (SSSR count). The van der Waals surface area contributed by atoms with Crippen LogP contribution in [0, 0.1) is 0 Å². The number of nitrogens with one attached hydrogen (secondary N) is 1. The van der Waals surface area contributed by atoms with Gasteiger partial charge in [0.05, 0.1) is 6.20 Å². The van der Waals surface area contributed by atoms with Crippen LogP contribution in [0.4, 0.5) is 0 Å². The highest BCUT2D eigenvalue weighted by molar-refractivity contribution is 5.81. The maximum absolute atomic E-state index is 13.3. The Morgan fingerprint density at radius 3 is 2.50 bits per heavy atom. The predicted octanol–water partition coefficient (Wildman–Crippen LogP) is 3.33. The molecule has 2 heterocycles. The van der Waals surface area contributed by atoms with Crippen molar-refractivity contribution in [2.24, 2.45) is 0 Å². The molecule has 2 saturated carbocycles. The van der Waals surface area contributed by atoms with Crippen LogP contribution in [-0.2, 0) is 19.4 Å². The standard InChI is InChI=1S/C21H30N4O/c26-21-18-11-2-1-10-17(18)19-14-23-24(13-5-12-22-15-6-3-7-15)20(19)25(21)16-8-4-9-16/h14-16,22H,1-13H2. The predicted molar refractivity (Wildman–Crippen MR) is 104 cm³/mol. The first-order valence-electron chi connectivity index (χ1n) is 10.7. The van der Waals surface area contributed by atoms with E-state index in [0.29, 0.717) is 6.04 Å². The molecule has 140 valence electrons. The molecule has 26 heavy (non-hydrogen) atoms. The minimum absolute atomic E-state index is 0.284. The quantitative estimate of drug-likeness (QED) is 0.810. The molecule has 0 saturated heterocycles. The summed E-state index contributed by atoms with van der Waals surface area (Å²) >= 11 is 0. The summed E-state index contributed by atoms with van der Waals surface area (Å²) < 4.78 is 4.24. The van der Waals surface area contributed by atoms with E-state index in [9.17, 15) is 4.79 Å². The normalized spacial score (nSPS) is 20.8. The van der Waals surface area contributed by atoms with Crippen LogP contribution in [0.1, 0.15) is 75.0 Å². The average Bonchev–Trinajstić information content (AvgIpc) is 2.99. The zero-order valence-electron chi connectivity index (χ0n) is 15.7. The third kappa shape index (κ3) is 2.72. The van der Waals surface area contributed by atoms with Gasteiger partial charge in [0.15, 0.2) is 0 Å². The van der Waals surface area contributed by atoms with Crippen LogP contribution < -0.4 is 10.9 Å². The lowest BCUT2D eigenvalue weighted by Gasteiger charge is -2.31. The fourth-order valence-corrected chi connectivity index (χ4v) is 4.82. The summed E-state index contributed by atoms with van der Waals surface area (Å²) in [6, 6.07) is 1.13. The molecule has 5 heteroatoms. The van der Waals surface area contributed by atoms with Gasteiger partial charge in [-0.05, 0) is 76.3 Å². The number of aryl methyl sites for hydroxylation is 2. The first kappa shape index (κ1) is 16.5. The fourth-order valence-electron chi connectivity index (χ4n) is 4.82. The van der Waals surface area contributed by atoms with Gasteiger partial charge in [0.1, 0.15) is 5.65 Å². The summed E-state index contributed by atoms with van der Waals surface area (Å²) in [5, 5.41) is 9.62. The molecule has 5 nitrogen and oxygen atoms in total. The van der Waals surface area contributed by atoms with E-state index in [2.05, 4.69) is 14.6 Å². The Labute approximate surface area is 154 Å². The summed E-state index contributed by atoms with van der Waals surface area (Å²) in [6.45, 7) is 1.94. The molecule has 3 aliphatic carbocycles. The highest BCUT2D eigenvalue weighted by Gasteiger charge is 2.28. The molecule has 0 spiro atoms. The van der Waals surface area contributed by atoms with Crippen LogP contribution in [0.5, 0.6) is 0 Å². The van der Waals surface area contributed by atoms with Crippen molar-refractivity contribution in [1.29, 1.82) is 0 Å². The van der Waals surface area contributed by atoms with Crippen molar-refractivity contribution in [1.82, 2.24) is 19.7 Å². The Hall–Kier alpha value is -1.62. The second kappa shape index (κ2) is 6.84. The van der Waals surface area contributed by atoms with E-state index < -0.39 is 0 Å². The van der Waals surface area contributed by atoms with Gasteiger partial charge in [0.2, 0.25) is 0 Å². The summed E-state index contributed by atoms with van der Waals surface area (Å²) in [4.78, 5) is 13.3. The van der Waals surface area contributed by atoms with Crippen molar-refractivity contribution in [3.05, 3.63) is 27.7 Å². The van der Waals surface area contributed by atoms with Crippen molar-refractivity contribution < 1.29 is 0 Å². The molecule has 0 amide bonds. The lowest BCUT2D eigenvalue weighted by Crippen LogP contribution is -2.36. The molecule has 0 radical (unpaired) electrons. The largest absolute Gasteiger partial charge is 0.314 e. The topological polar surface area (TPSA) is 51.9 Å². The van der Waals surface area contributed by atoms with Gasteiger partial charge >= 0.3 is 0 Å². The van der Waals surface area contributed by atoms with Crippen molar-refractivity contribution in [3.63, 3.8) is 0 Å². The highest BCUT2D eigenvalue weighted by atomic mass is 16.1. The minimum atomic E-state index is 0.284. The van der Waals surface area contributed by atoms with Crippen LogP contribution >= 0.6 is 0 Å². The zero-order valence-corrected chi connectivity index (χ0v) is 15.7. The molecular formula is C21H30N4O. The third-order valence-electron chi connectivity index (χ3n) is 6.83. The van der Waals surface area contributed by atoms with E-state index in [1.165, 1.54) is 43.1 Å². The Morgan fingerprint density at radius 2 is 1.81 bits per heavy atom. The van der Waals surface area contributed by atoms with Gasteiger partial charge in [0, 0.05) is 29.6 Å². The number of fused-ring (bicyclic) bond motifs is 3. The Balaban J connectivity index is 1.48. The van der Waals surface area contributed by atoms with Crippen LogP contribution in [0.2, 0.25) is 0 Å². The van der Waals surface area contributed by atoms with Crippen molar-refractivity contribution in [2.75, 3.05) is 6.54 Å². The molecule has 0 atom stereocenters. The lowest BCUT2D eigenvalue weighted by atomic mass is 9.88. The fraction of sp³-hybridized carbons (Fsp3) is 0.714. The molecule has 0 bridgehead atoms. The van der Waals surface area contributed by atoms with Crippen LogP contribution in [0.3, 0.4) is 0 Å². The van der Waals surface area contributed by atoms with E-state index >= 15 is 0 Å². The minimum Gasteiger partial charge on any atom is -0.314 e. The number of nitrogens with zero attached hydrogens (tertiary/aromatic N) is 3. The first-order valence-corrected chi connectivity index (χ1v) is 10.7. The molecule has 2 aromatic heterocycles. The average molecular weight is 354 g/mol. The second-order valence-corrected chi connectivity index (χ2v) is 8.46. The smallest absolute Gasteiger partial charge is 0.255 e. The van der Waals surface area contributed by atoms with E-state index in [1.807, 2.05) is 6.20 Å². The van der Waals surface area contributed by atoms with Crippen LogP contribution in [0.25, 0.3) is 11.0 Å². The monoisotopic (exact) mass is 354 g/mol. The Bertz CT molecular complexity index is 857. The molecule has 0 aromatic carbocycles. The molecule has 2 aromatic rings. The van der Waals surface area contributed by atoms with E-state index in [1.54, 1.807) is 0 Å². The number of rotatable bonds is 6. The second-order valence-electron chi connectivity index (χ2n) is 8.46. The number of aromatic nitrogens is 3.